The lowest BCUT2D eigenvalue weighted by Gasteiger charge is -2.26. The Hall–Kier alpha value is -1.62. The molecule has 0 bridgehead atoms. The topological polar surface area (TPSA) is 18.5 Å². The molecule has 0 unspecified atom stereocenters. The standard InChI is InChI=1S/C13H14O2/c1-4-13(2,3)10-6-5-7-11-12(10)15-9-8-14-11/h1,5-7H,8-9H2,2-3H3. The van der Waals surface area contributed by atoms with Gasteiger partial charge in [-0.05, 0) is 19.9 Å². The van der Waals surface area contributed by atoms with Gasteiger partial charge < -0.3 is 9.47 Å². The largest absolute Gasteiger partial charge is 0.486 e. The van der Waals surface area contributed by atoms with E-state index in [1.807, 2.05) is 32.0 Å². The molecule has 2 heteroatoms. The van der Waals surface area contributed by atoms with Gasteiger partial charge in [0.05, 0.1) is 5.41 Å². The fraction of sp³-hybridized carbons (Fsp3) is 0.385. The Morgan fingerprint density at radius 2 is 2.00 bits per heavy atom. The third-order valence-corrected chi connectivity index (χ3v) is 2.60. The van der Waals surface area contributed by atoms with Crippen molar-refractivity contribution in [3.05, 3.63) is 23.8 Å². The fourth-order valence-corrected chi connectivity index (χ4v) is 1.64. The molecule has 0 aromatic heterocycles. The van der Waals surface area contributed by atoms with E-state index in [0.717, 1.165) is 17.1 Å². The van der Waals surface area contributed by atoms with Gasteiger partial charge in [-0.3, -0.25) is 0 Å². The molecular weight excluding hydrogens is 188 g/mol. The molecule has 1 aromatic carbocycles. The van der Waals surface area contributed by atoms with Crippen molar-refractivity contribution in [1.29, 1.82) is 0 Å². The summed E-state index contributed by atoms with van der Waals surface area (Å²) in [4.78, 5) is 0. The quantitative estimate of drug-likeness (QED) is 0.651. The fourth-order valence-electron chi connectivity index (χ4n) is 1.64. The van der Waals surface area contributed by atoms with E-state index in [1.165, 1.54) is 0 Å². The van der Waals surface area contributed by atoms with Gasteiger partial charge in [-0.2, -0.15) is 0 Å². The maximum absolute atomic E-state index is 5.62. The number of hydrogen-bond acceptors (Lipinski definition) is 2. The SMILES string of the molecule is C#CC(C)(C)c1cccc2c1OCCO2. The summed E-state index contributed by atoms with van der Waals surface area (Å²) in [7, 11) is 0. The van der Waals surface area contributed by atoms with Crippen LogP contribution < -0.4 is 9.47 Å². The van der Waals surface area contributed by atoms with Crippen molar-refractivity contribution in [2.75, 3.05) is 13.2 Å². The second-order valence-electron chi connectivity index (χ2n) is 4.10. The van der Waals surface area contributed by atoms with E-state index in [-0.39, 0.29) is 5.41 Å². The lowest BCUT2D eigenvalue weighted by molar-refractivity contribution is 0.168. The molecule has 2 nitrogen and oxygen atoms in total. The van der Waals surface area contributed by atoms with E-state index in [2.05, 4.69) is 5.92 Å². The van der Waals surface area contributed by atoms with E-state index in [0.29, 0.717) is 13.2 Å². The van der Waals surface area contributed by atoms with Crippen LogP contribution in [0.5, 0.6) is 11.5 Å². The normalized spacial score (nSPS) is 14.5. The van der Waals surface area contributed by atoms with Gasteiger partial charge in [0.2, 0.25) is 0 Å². The van der Waals surface area contributed by atoms with E-state index in [4.69, 9.17) is 15.9 Å². The zero-order valence-electron chi connectivity index (χ0n) is 9.04. The van der Waals surface area contributed by atoms with E-state index in [9.17, 15) is 0 Å². The minimum atomic E-state index is -0.327. The number of terminal acetylenes is 1. The first-order chi connectivity index (χ1) is 7.15. The molecule has 0 fully saturated rings. The van der Waals surface area contributed by atoms with Crippen LogP contribution in [0.15, 0.2) is 18.2 Å². The number of benzene rings is 1. The lowest BCUT2D eigenvalue weighted by Crippen LogP contribution is -2.21. The highest BCUT2D eigenvalue weighted by atomic mass is 16.6. The van der Waals surface area contributed by atoms with Crippen LogP contribution in [0.25, 0.3) is 0 Å². The first-order valence-corrected chi connectivity index (χ1v) is 5.02. The van der Waals surface area contributed by atoms with Crippen molar-refractivity contribution in [2.45, 2.75) is 19.3 Å². The summed E-state index contributed by atoms with van der Waals surface area (Å²) in [5.41, 5.74) is 0.689. The minimum Gasteiger partial charge on any atom is -0.486 e. The number of fused-ring (bicyclic) bond motifs is 1. The van der Waals surface area contributed by atoms with Crippen LogP contribution >= 0.6 is 0 Å². The van der Waals surface area contributed by atoms with E-state index in [1.54, 1.807) is 0 Å². The molecule has 1 aliphatic heterocycles. The summed E-state index contributed by atoms with van der Waals surface area (Å²) < 4.78 is 11.1. The number of rotatable bonds is 1. The highest BCUT2D eigenvalue weighted by Gasteiger charge is 2.25. The predicted molar refractivity (Wildman–Crippen MR) is 59.3 cm³/mol. The molecule has 0 aliphatic carbocycles. The van der Waals surface area contributed by atoms with Crippen LogP contribution in [0, 0.1) is 12.3 Å². The van der Waals surface area contributed by atoms with E-state index < -0.39 is 0 Å². The zero-order valence-corrected chi connectivity index (χ0v) is 9.04. The first-order valence-electron chi connectivity index (χ1n) is 5.02. The van der Waals surface area contributed by atoms with Crippen molar-refractivity contribution in [3.8, 4) is 23.8 Å². The number of para-hydroxylation sites is 1. The smallest absolute Gasteiger partial charge is 0.166 e. The second-order valence-corrected chi connectivity index (χ2v) is 4.10. The molecule has 0 spiro atoms. The third-order valence-electron chi connectivity index (χ3n) is 2.60. The van der Waals surface area contributed by atoms with Gasteiger partial charge in [0.15, 0.2) is 11.5 Å². The first kappa shape index (κ1) is 9.92. The van der Waals surface area contributed by atoms with Crippen LogP contribution in [0.4, 0.5) is 0 Å². The second kappa shape index (κ2) is 3.51. The molecule has 0 amide bonds. The highest BCUT2D eigenvalue weighted by molar-refractivity contribution is 5.52. The molecule has 15 heavy (non-hydrogen) atoms. The monoisotopic (exact) mass is 202 g/mol. The molecule has 1 heterocycles. The number of hydrogen-bond donors (Lipinski definition) is 0. The summed E-state index contributed by atoms with van der Waals surface area (Å²) in [6.45, 7) is 5.19. The van der Waals surface area contributed by atoms with Crippen molar-refractivity contribution in [2.24, 2.45) is 0 Å². The summed E-state index contributed by atoms with van der Waals surface area (Å²) in [6, 6.07) is 5.85. The van der Waals surface area contributed by atoms with Crippen LogP contribution in [0.3, 0.4) is 0 Å². The maximum Gasteiger partial charge on any atom is 0.166 e. The average Bonchev–Trinajstić information content (AvgIpc) is 2.28. The molecule has 0 saturated carbocycles. The van der Waals surface area contributed by atoms with Gasteiger partial charge in [-0.1, -0.05) is 18.1 Å². The van der Waals surface area contributed by atoms with Gasteiger partial charge in [0.1, 0.15) is 13.2 Å². The molecule has 78 valence electrons. The molecule has 0 atom stereocenters. The summed E-state index contributed by atoms with van der Waals surface area (Å²) in [6.07, 6.45) is 5.53. The minimum absolute atomic E-state index is 0.327. The molecule has 1 aromatic rings. The Morgan fingerprint density at radius 3 is 2.73 bits per heavy atom. The van der Waals surface area contributed by atoms with Crippen LogP contribution in [-0.4, -0.2) is 13.2 Å². The predicted octanol–water partition coefficient (Wildman–Crippen LogP) is 2.37. The van der Waals surface area contributed by atoms with Crippen molar-refractivity contribution in [3.63, 3.8) is 0 Å². The summed E-state index contributed by atoms with van der Waals surface area (Å²) in [5, 5.41) is 0. The Balaban J connectivity index is 2.54. The molecule has 0 radical (unpaired) electrons. The lowest BCUT2D eigenvalue weighted by atomic mass is 9.85. The van der Waals surface area contributed by atoms with E-state index >= 15 is 0 Å². The molecule has 2 rings (SSSR count). The Morgan fingerprint density at radius 1 is 1.27 bits per heavy atom. The molecular formula is C13H14O2. The van der Waals surface area contributed by atoms with Crippen LogP contribution in [0.2, 0.25) is 0 Å². The number of ether oxygens (including phenoxy) is 2. The highest BCUT2D eigenvalue weighted by Crippen LogP contribution is 2.39. The summed E-state index contributed by atoms with van der Waals surface area (Å²) in [5.74, 6) is 4.36. The molecule has 0 N–H and O–H groups in total. The molecule has 0 saturated heterocycles. The third kappa shape index (κ3) is 1.66. The van der Waals surface area contributed by atoms with Gasteiger partial charge in [0.25, 0.3) is 0 Å². The van der Waals surface area contributed by atoms with Crippen LogP contribution in [0.1, 0.15) is 19.4 Å². The van der Waals surface area contributed by atoms with Crippen LogP contribution in [-0.2, 0) is 5.41 Å². The Bertz CT molecular complexity index is 413. The summed E-state index contributed by atoms with van der Waals surface area (Å²) >= 11 is 0. The molecule has 1 aliphatic rings. The van der Waals surface area contributed by atoms with Crippen molar-refractivity contribution >= 4 is 0 Å². The maximum atomic E-state index is 5.62. The van der Waals surface area contributed by atoms with Gasteiger partial charge in [-0.25, -0.2) is 0 Å². The Labute approximate surface area is 90.2 Å². The Kier molecular flexibility index (Phi) is 2.32. The van der Waals surface area contributed by atoms with Gasteiger partial charge in [-0.15, -0.1) is 6.42 Å². The van der Waals surface area contributed by atoms with Crippen molar-refractivity contribution < 1.29 is 9.47 Å². The van der Waals surface area contributed by atoms with Gasteiger partial charge >= 0.3 is 0 Å². The van der Waals surface area contributed by atoms with Gasteiger partial charge in [0, 0.05) is 5.56 Å². The van der Waals surface area contributed by atoms with Crippen molar-refractivity contribution in [1.82, 2.24) is 0 Å². The average molecular weight is 202 g/mol. The zero-order chi connectivity index (χ0) is 10.9.